The molecule has 1 fully saturated rings. The normalized spacial score (nSPS) is 15.4. The summed E-state index contributed by atoms with van der Waals surface area (Å²) in [5.74, 6) is 2.38. The second kappa shape index (κ2) is 6.90. The van der Waals surface area contributed by atoms with Crippen LogP contribution in [0.2, 0.25) is 0 Å². The highest BCUT2D eigenvalue weighted by atomic mass is 16.5. The Morgan fingerprint density at radius 2 is 1.91 bits per heavy atom. The minimum atomic E-state index is -0.0548. The molecule has 2 N–H and O–H groups in total. The van der Waals surface area contributed by atoms with E-state index in [1.54, 1.807) is 21.3 Å². The Kier molecular flexibility index (Phi) is 5.16. The lowest BCUT2D eigenvalue weighted by molar-refractivity contribution is 0.353. The van der Waals surface area contributed by atoms with E-state index in [4.69, 9.17) is 9.47 Å². The van der Waals surface area contributed by atoms with Crippen molar-refractivity contribution in [3.05, 3.63) is 23.8 Å². The Morgan fingerprint density at radius 3 is 2.45 bits per heavy atom. The van der Waals surface area contributed by atoms with Gasteiger partial charge < -0.3 is 20.1 Å². The summed E-state index contributed by atoms with van der Waals surface area (Å²) >= 11 is 0. The molecule has 0 bridgehead atoms. The lowest BCUT2D eigenvalue weighted by Gasteiger charge is -2.27. The van der Waals surface area contributed by atoms with Crippen molar-refractivity contribution in [3.8, 4) is 11.5 Å². The van der Waals surface area contributed by atoms with Crippen LogP contribution in [-0.4, -0.2) is 39.8 Å². The minimum Gasteiger partial charge on any atom is -0.493 e. The number of nitrogens with one attached hydrogen (secondary N) is 2. The Balaban J connectivity index is 2.05. The van der Waals surface area contributed by atoms with Crippen molar-refractivity contribution in [1.29, 1.82) is 0 Å². The number of rotatable bonds is 6. The van der Waals surface area contributed by atoms with Gasteiger partial charge in [0.15, 0.2) is 17.5 Å². The van der Waals surface area contributed by atoms with Crippen molar-refractivity contribution in [2.75, 3.05) is 27.8 Å². The summed E-state index contributed by atoms with van der Waals surface area (Å²) in [6, 6.07) is 6.67. The maximum absolute atomic E-state index is 5.40. The van der Waals surface area contributed by atoms with Gasteiger partial charge in [0, 0.05) is 25.0 Å². The first-order valence-corrected chi connectivity index (χ1v) is 7.70. The summed E-state index contributed by atoms with van der Waals surface area (Å²) in [5.41, 5.74) is 1.14. The molecule has 2 rings (SSSR count). The molecule has 22 heavy (non-hydrogen) atoms. The fraction of sp³-hybridized carbons (Fsp3) is 0.588. The van der Waals surface area contributed by atoms with Crippen LogP contribution < -0.4 is 20.1 Å². The van der Waals surface area contributed by atoms with Crippen LogP contribution in [0.1, 0.15) is 32.3 Å². The second-order valence-electron chi connectivity index (χ2n) is 6.30. The molecule has 5 nitrogen and oxygen atoms in total. The van der Waals surface area contributed by atoms with E-state index in [9.17, 15) is 0 Å². The molecule has 1 aliphatic carbocycles. The number of nitrogens with zero attached hydrogens (tertiary/aromatic N) is 1. The lowest BCUT2D eigenvalue weighted by atomic mass is 9.84. The van der Waals surface area contributed by atoms with Crippen LogP contribution in [0.4, 0.5) is 0 Å². The van der Waals surface area contributed by atoms with E-state index in [0.29, 0.717) is 6.04 Å². The molecular weight excluding hydrogens is 278 g/mol. The van der Waals surface area contributed by atoms with E-state index in [1.807, 2.05) is 12.1 Å². The molecule has 1 saturated carbocycles. The van der Waals surface area contributed by atoms with Crippen LogP contribution in [-0.2, 0) is 5.41 Å². The largest absolute Gasteiger partial charge is 0.493 e. The predicted molar refractivity (Wildman–Crippen MR) is 90.1 cm³/mol. The summed E-state index contributed by atoms with van der Waals surface area (Å²) in [5, 5.41) is 6.81. The molecular formula is C17H27N3O2. The van der Waals surface area contributed by atoms with Gasteiger partial charge in [-0.2, -0.15) is 0 Å². The van der Waals surface area contributed by atoms with Gasteiger partial charge >= 0.3 is 0 Å². The second-order valence-corrected chi connectivity index (χ2v) is 6.30. The molecule has 0 heterocycles. The third-order valence-corrected chi connectivity index (χ3v) is 4.00. The smallest absolute Gasteiger partial charge is 0.191 e. The quantitative estimate of drug-likeness (QED) is 0.625. The SMILES string of the molecule is CN=C(NCC(C)(C)c1ccc(OC)c(OC)c1)NC1CC1. The standard InChI is InChI=1S/C17H27N3O2/c1-17(2,11-19-16(18-3)20-13-7-8-13)12-6-9-14(21-4)15(10-12)22-5/h6,9-10,13H,7-8,11H2,1-5H3,(H2,18,19,20). The molecule has 5 heteroatoms. The fourth-order valence-corrected chi connectivity index (χ4v) is 2.28. The molecule has 0 aliphatic heterocycles. The maximum Gasteiger partial charge on any atom is 0.191 e. The Morgan fingerprint density at radius 1 is 1.23 bits per heavy atom. The number of ether oxygens (including phenoxy) is 2. The van der Waals surface area contributed by atoms with Crippen molar-refractivity contribution < 1.29 is 9.47 Å². The van der Waals surface area contributed by atoms with Crippen LogP contribution in [0, 0.1) is 0 Å². The van der Waals surface area contributed by atoms with Gasteiger partial charge in [-0.3, -0.25) is 4.99 Å². The molecule has 0 atom stereocenters. The molecule has 122 valence electrons. The average molecular weight is 305 g/mol. The highest BCUT2D eigenvalue weighted by molar-refractivity contribution is 5.80. The van der Waals surface area contributed by atoms with Crippen LogP contribution in [0.3, 0.4) is 0 Å². The van der Waals surface area contributed by atoms with E-state index < -0.39 is 0 Å². The van der Waals surface area contributed by atoms with E-state index in [0.717, 1.165) is 24.0 Å². The van der Waals surface area contributed by atoms with Gasteiger partial charge in [0.2, 0.25) is 0 Å². The van der Waals surface area contributed by atoms with Crippen LogP contribution in [0.25, 0.3) is 0 Å². The summed E-state index contributed by atoms with van der Waals surface area (Å²) in [6.45, 7) is 5.19. The van der Waals surface area contributed by atoms with Crippen molar-refractivity contribution in [2.24, 2.45) is 4.99 Å². The fourth-order valence-electron chi connectivity index (χ4n) is 2.28. The molecule has 1 aromatic rings. The molecule has 0 spiro atoms. The third-order valence-electron chi connectivity index (χ3n) is 4.00. The summed E-state index contributed by atoms with van der Waals surface area (Å²) in [6.07, 6.45) is 2.47. The van der Waals surface area contributed by atoms with Crippen LogP contribution in [0.15, 0.2) is 23.2 Å². The number of hydrogen-bond donors (Lipinski definition) is 2. The monoisotopic (exact) mass is 305 g/mol. The van der Waals surface area contributed by atoms with Gasteiger partial charge in [-0.1, -0.05) is 19.9 Å². The molecule has 0 saturated heterocycles. The molecule has 1 aliphatic rings. The highest BCUT2D eigenvalue weighted by Gasteiger charge is 2.25. The van der Waals surface area contributed by atoms with Crippen molar-refractivity contribution in [3.63, 3.8) is 0 Å². The number of benzene rings is 1. The average Bonchev–Trinajstić information content (AvgIpc) is 3.34. The number of guanidine groups is 1. The first kappa shape index (κ1) is 16.5. The minimum absolute atomic E-state index is 0.0548. The van der Waals surface area contributed by atoms with Gasteiger partial charge in [-0.15, -0.1) is 0 Å². The molecule has 0 aromatic heterocycles. The van der Waals surface area contributed by atoms with Gasteiger partial charge in [-0.25, -0.2) is 0 Å². The third kappa shape index (κ3) is 4.06. The maximum atomic E-state index is 5.40. The summed E-state index contributed by atoms with van der Waals surface area (Å²) in [7, 11) is 5.12. The van der Waals surface area contributed by atoms with E-state index in [1.165, 1.54) is 18.4 Å². The van der Waals surface area contributed by atoms with E-state index in [-0.39, 0.29) is 5.41 Å². The predicted octanol–water partition coefficient (Wildman–Crippen LogP) is 2.31. The number of hydrogen-bond acceptors (Lipinski definition) is 3. The lowest BCUT2D eigenvalue weighted by Crippen LogP contribution is -2.44. The van der Waals surface area contributed by atoms with E-state index >= 15 is 0 Å². The van der Waals surface area contributed by atoms with Gasteiger partial charge in [0.25, 0.3) is 0 Å². The topological polar surface area (TPSA) is 54.9 Å². The molecule has 0 unspecified atom stereocenters. The van der Waals surface area contributed by atoms with Crippen molar-refractivity contribution in [2.45, 2.75) is 38.1 Å². The highest BCUT2D eigenvalue weighted by Crippen LogP contribution is 2.32. The molecule has 0 amide bonds. The zero-order valence-corrected chi connectivity index (χ0v) is 14.2. The van der Waals surface area contributed by atoms with Crippen molar-refractivity contribution in [1.82, 2.24) is 10.6 Å². The Bertz CT molecular complexity index is 537. The van der Waals surface area contributed by atoms with Crippen LogP contribution >= 0.6 is 0 Å². The number of aliphatic imine (C=N–C) groups is 1. The van der Waals surface area contributed by atoms with Gasteiger partial charge in [0.1, 0.15) is 0 Å². The Hall–Kier alpha value is -1.91. The number of methoxy groups -OCH3 is 2. The van der Waals surface area contributed by atoms with Gasteiger partial charge in [-0.05, 0) is 30.5 Å². The zero-order valence-electron chi connectivity index (χ0n) is 14.2. The zero-order chi connectivity index (χ0) is 16.2. The summed E-state index contributed by atoms with van der Waals surface area (Å²) in [4.78, 5) is 4.28. The van der Waals surface area contributed by atoms with Crippen LogP contribution in [0.5, 0.6) is 11.5 Å². The summed E-state index contributed by atoms with van der Waals surface area (Å²) < 4.78 is 10.7. The molecule has 0 radical (unpaired) electrons. The van der Waals surface area contributed by atoms with E-state index in [2.05, 4.69) is 35.5 Å². The molecule has 1 aromatic carbocycles. The van der Waals surface area contributed by atoms with Gasteiger partial charge in [0.05, 0.1) is 14.2 Å². The first-order valence-electron chi connectivity index (χ1n) is 7.70. The van der Waals surface area contributed by atoms with Crippen molar-refractivity contribution >= 4 is 5.96 Å². The Labute approximate surface area is 133 Å². The first-order chi connectivity index (χ1) is 10.5.